The standard InChI is InChI=1S/C18H20N4O2/c1-2-24-15-7-5-14(6-8-15)22-18(23)20-11-9-13-12-21-17-16(13)4-3-10-19-17/h3-8,10,12H,2,9,11H2,1H3,(H,19,21)(H2,20,22,23). The van der Waals surface area contributed by atoms with Gasteiger partial charge in [-0.05, 0) is 55.3 Å². The molecule has 6 heteroatoms. The Morgan fingerprint density at radius 3 is 2.88 bits per heavy atom. The zero-order valence-electron chi connectivity index (χ0n) is 13.5. The number of rotatable bonds is 6. The number of amides is 2. The quantitative estimate of drug-likeness (QED) is 0.651. The summed E-state index contributed by atoms with van der Waals surface area (Å²) in [5.41, 5.74) is 2.73. The van der Waals surface area contributed by atoms with Crippen LogP contribution in [0.15, 0.2) is 48.8 Å². The van der Waals surface area contributed by atoms with Gasteiger partial charge in [-0.15, -0.1) is 0 Å². The first-order chi connectivity index (χ1) is 11.8. The van der Waals surface area contributed by atoms with Crippen molar-refractivity contribution in [2.24, 2.45) is 0 Å². The summed E-state index contributed by atoms with van der Waals surface area (Å²) in [6.07, 6.45) is 4.43. The lowest BCUT2D eigenvalue weighted by molar-refractivity contribution is 0.252. The summed E-state index contributed by atoms with van der Waals surface area (Å²) < 4.78 is 5.37. The van der Waals surface area contributed by atoms with Gasteiger partial charge in [0, 0.05) is 30.0 Å². The molecule has 124 valence electrons. The summed E-state index contributed by atoms with van der Waals surface area (Å²) in [7, 11) is 0. The first-order valence-electron chi connectivity index (χ1n) is 7.95. The molecule has 3 aromatic rings. The smallest absolute Gasteiger partial charge is 0.319 e. The van der Waals surface area contributed by atoms with Gasteiger partial charge in [-0.3, -0.25) is 0 Å². The van der Waals surface area contributed by atoms with E-state index in [1.165, 1.54) is 0 Å². The van der Waals surface area contributed by atoms with E-state index >= 15 is 0 Å². The third kappa shape index (κ3) is 3.84. The number of H-pyrrole nitrogens is 1. The molecule has 0 fully saturated rings. The maximum atomic E-state index is 11.9. The number of carbonyl (C=O) groups excluding carboxylic acids is 1. The zero-order chi connectivity index (χ0) is 16.8. The van der Waals surface area contributed by atoms with Crippen LogP contribution >= 0.6 is 0 Å². The highest BCUT2D eigenvalue weighted by atomic mass is 16.5. The zero-order valence-corrected chi connectivity index (χ0v) is 13.5. The van der Waals surface area contributed by atoms with Crippen molar-refractivity contribution in [1.82, 2.24) is 15.3 Å². The van der Waals surface area contributed by atoms with Gasteiger partial charge in [0.2, 0.25) is 0 Å². The summed E-state index contributed by atoms with van der Waals surface area (Å²) >= 11 is 0. The van der Waals surface area contributed by atoms with Gasteiger partial charge in [-0.1, -0.05) is 0 Å². The molecule has 0 saturated carbocycles. The Hall–Kier alpha value is -3.02. The molecular formula is C18H20N4O2. The van der Waals surface area contributed by atoms with E-state index in [9.17, 15) is 4.79 Å². The minimum Gasteiger partial charge on any atom is -0.494 e. The van der Waals surface area contributed by atoms with Crippen LogP contribution in [-0.2, 0) is 6.42 Å². The van der Waals surface area contributed by atoms with Gasteiger partial charge in [0.1, 0.15) is 11.4 Å². The molecule has 2 heterocycles. The number of aromatic nitrogens is 2. The molecular weight excluding hydrogens is 304 g/mol. The number of urea groups is 1. The highest BCUT2D eigenvalue weighted by Gasteiger charge is 2.05. The van der Waals surface area contributed by atoms with Crippen molar-refractivity contribution in [1.29, 1.82) is 0 Å². The Balaban J connectivity index is 1.49. The Kier molecular flexibility index (Phi) is 4.96. The predicted molar refractivity (Wildman–Crippen MR) is 94.4 cm³/mol. The second kappa shape index (κ2) is 7.50. The van der Waals surface area contributed by atoms with Gasteiger partial charge in [0.25, 0.3) is 0 Å². The number of carbonyl (C=O) groups is 1. The first-order valence-corrected chi connectivity index (χ1v) is 7.95. The number of aromatic amines is 1. The van der Waals surface area contributed by atoms with Gasteiger partial charge in [0.05, 0.1) is 6.61 Å². The molecule has 6 nitrogen and oxygen atoms in total. The Labute approximate surface area is 140 Å². The number of nitrogens with one attached hydrogen (secondary N) is 3. The van der Waals surface area contributed by atoms with Crippen LogP contribution in [0.25, 0.3) is 11.0 Å². The summed E-state index contributed by atoms with van der Waals surface area (Å²) in [5, 5.41) is 6.75. The molecule has 1 aromatic carbocycles. The fourth-order valence-corrected chi connectivity index (χ4v) is 2.51. The highest BCUT2D eigenvalue weighted by molar-refractivity contribution is 5.89. The minimum atomic E-state index is -0.225. The molecule has 3 N–H and O–H groups in total. The maximum Gasteiger partial charge on any atom is 0.319 e. The number of fused-ring (bicyclic) bond motifs is 1. The Bertz CT molecular complexity index is 811. The van der Waals surface area contributed by atoms with E-state index in [2.05, 4.69) is 20.6 Å². The molecule has 2 amide bonds. The van der Waals surface area contributed by atoms with E-state index in [0.29, 0.717) is 13.2 Å². The average molecular weight is 324 g/mol. The number of ether oxygens (including phenoxy) is 1. The third-order valence-electron chi connectivity index (χ3n) is 3.64. The monoisotopic (exact) mass is 324 g/mol. The fraction of sp³-hybridized carbons (Fsp3) is 0.222. The lowest BCUT2D eigenvalue weighted by atomic mass is 10.1. The van der Waals surface area contributed by atoms with Crippen LogP contribution in [0.2, 0.25) is 0 Å². The molecule has 0 atom stereocenters. The molecule has 0 unspecified atom stereocenters. The number of pyridine rings is 1. The molecule has 3 rings (SSSR count). The predicted octanol–water partition coefficient (Wildman–Crippen LogP) is 3.33. The van der Waals surface area contributed by atoms with Crippen LogP contribution < -0.4 is 15.4 Å². The van der Waals surface area contributed by atoms with Gasteiger partial charge in [0.15, 0.2) is 0 Å². The number of benzene rings is 1. The number of anilines is 1. The second-order valence-corrected chi connectivity index (χ2v) is 5.30. The SMILES string of the molecule is CCOc1ccc(NC(=O)NCCc2c[nH]c3ncccc23)cc1. The van der Waals surface area contributed by atoms with Gasteiger partial charge < -0.3 is 20.4 Å². The minimum absolute atomic E-state index is 0.225. The normalized spacial score (nSPS) is 10.5. The Morgan fingerprint density at radius 2 is 2.08 bits per heavy atom. The van der Waals surface area contributed by atoms with Crippen LogP contribution in [0.4, 0.5) is 10.5 Å². The number of nitrogens with zero attached hydrogens (tertiary/aromatic N) is 1. The summed E-state index contributed by atoms with van der Waals surface area (Å²) in [6.45, 7) is 3.10. The van der Waals surface area contributed by atoms with E-state index in [0.717, 1.165) is 34.5 Å². The molecule has 0 aliphatic carbocycles. The topological polar surface area (TPSA) is 79.0 Å². The molecule has 0 radical (unpaired) electrons. The highest BCUT2D eigenvalue weighted by Crippen LogP contribution is 2.16. The van der Waals surface area contributed by atoms with E-state index in [4.69, 9.17) is 4.74 Å². The molecule has 24 heavy (non-hydrogen) atoms. The van der Waals surface area contributed by atoms with Crippen molar-refractivity contribution in [2.75, 3.05) is 18.5 Å². The molecule has 0 bridgehead atoms. The summed E-state index contributed by atoms with van der Waals surface area (Å²) in [4.78, 5) is 19.3. The molecule has 0 saturated heterocycles. The maximum absolute atomic E-state index is 11.9. The van der Waals surface area contributed by atoms with E-state index in [1.54, 1.807) is 6.20 Å². The molecule has 2 aromatic heterocycles. The van der Waals surface area contributed by atoms with Gasteiger partial charge in [-0.2, -0.15) is 0 Å². The first kappa shape index (κ1) is 15.9. The van der Waals surface area contributed by atoms with Gasteiger partial charge >= 0.3 is 6.03 Å². The van der Waals surface area contributed by atoms with Gasteiger partial charge in [-0.25, -0.2) is 9.78 Å². The van der Waals surface area contributed by atoms with Crippen molar-refractivity contribution in [3.63, 3.8) is 0 Å². The third-order valence-corrected chi connectivity index (χ3v) is 3.64. The van der Waals surface area contributed by atoms with Crippen molar-refractivity contribution >= 4 is 22.8 Å². The number of hydrogen-bond acceptors (Lipinski definition) is 3. The van der Waals surface area contributed by atoms with E-state index in [1.807, 2.05) is 49.5 Å². The van der Waals surface area contributed by atoms with Crippen LogP contribution in [0.1, 0.15) is 12.5 Å². The van der Waals surface area contributed by atoms with Crippen molar-refractivity contribution in [3.05, 3.63) is 54.4 Å². The van der Waals surface area contributed by atoms with E-state index in [-0.39, 0.29) is 6.03 Å². The lowest BCUT2D eigenvalue weighted by Crippen LogP contribution is -2.30. The van der Waals surface area contributed by atoms with Crippen molar-refractivity contribution in [2.45, 2.75) is 13.3 Å². The van der Waals surface area contributed by atoms with Crippen LogP contribution in [0, 0.1) is 0 Å². The fourth-order valence-electron chi connectivity index (χ4n) is 2.51. The summed E-state index contributed by atoms with van der Waals surface area (Å²) in [5.74, 6) is 0.788. The number of hydrogen-bond donors (Lipinski definition) is 3. The Morgan fingerprint density at radius 1 is 1.25 bits per heavy atom. The molecule has 0 spiro atoms. The van der Waals surface area contributed by atoms with E-state index < -0.39 is 0 Å². The van der Waals surface area contributed by atoms with Crippen LogP contribution in [0.3, 0.4) is 0 Å². The summed E-state index contributed by atoms with van der Waals surface area (Å²) in [6, 6.07) is 11.0. The van der Waals surface area contributed by atoms with Crippen molar-refractivity contribution in [3.8, 4) is 5.75 Å². The lowest BCUT2D eigenvalue weighted by Gasteiger charge is -2.08. The average Bonchev–Trinajstić information content (AvgIpc) is 3.00. The van der Waals surface area contributed by atoms with Crippen molar-refractivity contribution < 1.29 is 9.53 Å². The molecule has 0 aliphatic heterocycles. The molecule has 0 aliphatic rings. The largest absolute Gasteiger partial charge is 0.494 e. The van der Waals surface area contributed by atoms with Crippen LogP contribution in [0.5, 0.6) is 5.75 Å². The van der Waals surface area contributed by atoms with Crippen LogP contribution in [-0.4, -0.2) is 29.2 Å². The second-order valence-electron chi connectivity index (χ2n) is 5.30.